The lowest BCUT2D eigenvalue weighted by Gasteiger charge is -2.23. The number of nitrogens with one attached hydrogen (secondary N) is 2. The Labute approximate surface area is 159 Å². The fraction of sp³-hybridized carbons (Fsp3) is 0.579. The van der Waals surface area contributed by atoms with Crippen molar-refractivity contribution in [3.8, 4) is 11.5 Å². The fourth-order valence-electron chi connectivity index (χ4n) is 2.95. The van der Waals surface area contributed by atoms with Crippen molar-refractivity contribution in [3.63, 3.8) is 0 Å². The zero-order valence-corrected chi connectivity index (χ0v) is 15.8. The fourth-order valence-corrected chi connectivity index (χ4v) is 2.95. The van der Waals surface area contributed by atoms with Gasteiger partial charge in [0.25, 0.3) is 11.9 Å². The first-order chi connectivity index (χ1) is 13.3. The van der Waals surface area contributed by atoms with Gasteiger partial charge < -0.3 is 23.8 Å². The molecule has 0 unspecified atom stereocenters. The number of quaternary nitrogens is 1. The van der Waals surface area contributed by atoms with Gasteiger partial charge in [-0.05, 0) is 24.6 Å². The third-order valence-corrected chi connectivity index (χ3v) is 4.44. The van der Waals surface area contributed by atoms with Crippen molar-refractivity contribution < 1.29 is 28.6 Å². The lowest BCUT2D eigenvalue weighted by atomic mass is 10.2. The molecule has 1 fully saturated rings. The number of ether oxygens (including phenoxy) is 4. The number of carbonyl (C=O) groups is 1. The summed E-state index contributed by atoms with van der Waals surface area (Å²) in [6.07, 6.45) is 1.78. The SMILES string of the molecule is CCCOC(=NCCC[NH+]1CCOCC1)NC(=O)c1ccc2c(c1)OCO2. The van der Waals surface area contributed by atoms with E-state index in [9.17, 15) is 4.79 Å². The molecule has 0 bridgehead atoms. The summed E-state index contributed by atoms with van der Waals surface area (Å²) in [5.41, 5.74) is 0.477. The summed E-state index contributed by atoms with van der Waals surface area (Å²) in [6, 6.07) is 5.36. The van der Waals surface area contributed by atoms with Gasteiger partial charge in [-0.25, -0.2) is 4.99 Å². The average Bonchev–Trinajstić information content (AvgIpc) is 3.17. The Morgan fingerprint density at radius 1 is 1.26 bits per heavy atom. The molecule has 1 saturated heterocycles. The largest absolute Gasteiger partial charge is 0.465 e. The monoisotopic (exact) mass is 378 g/mol. The van der Waals surface area contributed by atoms with E-state index in [1.165, 1.54) is 4.90 Å². The zero-order chi connectivity index (χ0) is 18.9. The molecule has 0 aromatic heterocycles. The minimum absolute atomic E-state index is 0.178. The number of benzene rings is 1. The van der Waals surface area contributed by atoms with Crippen molar-refractivity contribution >= 4 is 11.9 Å². The molecule has 8 nitrogen and oxygen atoms in total. The molecule has 0 atom stereocenters. The van der Waals surface area contributed by atoms with E-state index in [2.05, 4.69) is 10.3 Å². The summed E-state index contributed by atoms with van der Waals surface area (Å²) in [5.74, 6) is 0.944. The maximum atomic E-state index is 12.5. The molecule has 0 aliphatic carbocycles. The average molecular weight is 378 g/mol. The highest BCUT2D eigenvalue weighted by atomic mass is 16.7. The van der Waals surface area contributed by atoms with Crippen molar-refractivity contribution in [1.82, 2.24) is 5.32 Å². The Hall–Kier alpha value is -2.32. The van der Waals surface area contributed by atoms with Gasteiger partial charge in [-0.3, -0.25) is 10.1 Å². The molecule has 8 heteroatoms. The van der Waals surface area contributed by atoms with Gasteiger partial charge in [0.15, 0.2) is 11.5 Å². The molecule has 0 saturated carbocycles. The van der Waals surface area contributed by atoms with E-state index in [4.69, 9.17) is 18.9 Å². The molecule has 2 aliphatic rings. The number of amides is 1. The van der Waals surface area contributed by atoms with Crippen LogP contribution in [0, 0.1) is 0 Å². The van der Waals surface area contributed by atoms with Crippen molar-refractivity contribution in [2.24, 2.45) is 4.99 Å². The smallest absolute Gasteiger partial charge is 0.291 e. The van der Waals surface area contributed by atoms with Crippen molar-refractivity contribution in [3.05, 3.63) is 23.8 Å². The van der Waals surface area contributed by atoms with E-state index in [1.807, 2.05) is 6.92 Å². The van der Waals surface area contributed by atoms with E-state index < -0.39 is 0 Å². The van der Waals surface area contributed by atoms with Crippen molar-refractivity contribution in [2.45, 2.75) is 19.8 Å². The Balaban J connectivity index is 1.52. The molecule has 2 aliphatic heterocycles. The van der Waals surface area contributed by atoms with Gasteiger partial charge in [-0.2, -0.15) is 0 Å². The van der Waals surface area contributed by atoms with Crippen LogP contribution >= 0.6 is 0 Å². The van der Waals surface area contributed by atoms with Gasteiger partial charge in [0, 0.05) is 18.5 Å². The Kier molecular flexibility index (Phi) is 7.29. The molecule has 27 heavy (non-hydrogen) atoms. The van der Waals surface area contributed by atoms with Crippen LogP contribution in [-0.2, 0) is 9.47 Å². The van der Waals surface area contributed by atoms with Gasteiger partial charge in [-0.1, -0.05) is 6.92 Å². The maximum Gasteiger partial charge on any atom is 0.291 e. The zero-order valence-electron chi connectivity index (χ0n) is 15.8. The van der Waals surface area contributed by atoms with E-state index >= 15 is 0 Å². The predicted molar refractivity (Wildman–Crippen MR) is 99.6 cm³/mol. The summed E-state index contributed by atoms with van der Waals surface area (Å²) < 4.78 is 21.6. The molecule has 0 spiro atoms. The van der Waals surface area contributed by atoms with Crippen LogP contribution in [0.3, 0.4) is 0 Å². The van der Waals surface area contributed by atoms with Gasteiger partial charge in [0.1, 0.15) is 13.1 Å². The minimum atomic E-state index is -0.276. The molecule has 3 rings (SSSR count). The number of nitrogens with zero attached hydrogens (tertiary/aromatic N) is 1. The summed E-state index contributed by atoms with van der Waals surface area (Å²) in [4.78, 5) is 18.5. The third-order valence-electron chi connectivity index (χ3n) is 4.44. The molecule has 2 N–H and O–H groups in total. The van der Waals surface area contributed by atoms with Crippen LogP contribution in [0.4, 0.5) is 0 Å². The molecule has 1 aromatic rings. The summed E-state index contributed by atoms with van der Waals surface area (Å²) in [6.45, 7) is 8.11. The lowest BCUT2D eigenvalue weighted by Crippen LogP contribution is -3.14. The van der Waals surface area contributed by atoms with Crippen molar-refractivity contribution in [1.29, 1.82) is 0 Å². The molecule has 0 radical (unpaired) electrons. The summed E-state index contributed by atoms with van der Waals surface area (Å²) in [7, 11) is 0. The first-order valence-electron chi connectivity index (χ1n) is 9.56. The van der Waals surface area contributed by atoms with E-state index in [0.29, 0.717) is 30.2 Å². The number of rotatable bonds is 7. The molecule has 1 aromatic carbocycles. The van der Waals surface area contributed by atoms with E-state index in [0.717, 1.165) is 45.7 Å². The number of carbonyl (C=O) groups excluding carboxylic acids is 1. The molecule has 2 heterocycles. The predicted octanol–water partition coefficient (Wildman–Crippen LogP) is 0.233. The topological polar surface area (TPSA) is 82.8 Å². The van der Waals surface area contributed by atoms with Crippen LogP contribution in [0.25, 0.3) is 0 Å². The van der Waals surface area contributed by atoms with E-state index in [1.54, 1.807) is 18.2 Å². The summed E-state index contributed by atoms with van der Waals surface area (Å²) >= 11 is 0. The van der Waals surface area contributed by atoms with E-state index in [-0.39, 0.29) is 18.7 Å². The van der Waals surface area contributed by atoms with Crippen LogP contribution in [-0.4, -0.2) is 64.7 Å². The number of aliphatic imine (C=N–C) groups is 1. The van der Waals surface area contributed by atoms with Crippen molar-refractivity contribution in [2.75, 3.05) is 52.8 Å². The van der Waals surface area contributed by atoms with Crippen LogP contribution in [0.2, 0.25) is 0 Å². The number of hydrogen-bond acceptors (Lipinski definition) is 6. The highest BCUT2D eigenvalue weighted by molar-refractivity contribution is 6.04. The second kappa shape index (κ2) is 10.1. The number of hydrogen-bond donors (Lipinski definition) is 2. The molecule has 1 amide bonds. The number of fused-ring (bicyclic) bond motifs is 1. The Morgan fingerprint density at radius 2 is 2.07 bits per heavy atom. The minimum Gasteiger partial charge on any atom is -0.465 e. The normalized spacial score (nSPS) is 17.0. The van der Waals surface area contributed by atoms with Gasteiger partial charge in [0.05, 0.1) is 26.4 Å². The molecule has 148 valence electrons. The number of amidine groups is 1. The lowest BCUT2D eigenvalue weighted by molar-refractivity contribution is -0.908. The van der Waals surface area contributed by atoms with Gasteiger partial charge in [0.2, 0.25) is 6.79 Å². The second-order valence-corrected chi connectivity index (χ2v) is 6.52. The van der Waals surface area contributed by atoms with Gasteiger partial charge >= 0.3 is 0 Å². The Morgan fingerprint density at radius 3 is 2.89 bits per heavy atom. The van der Waals surface area contributed by atoms with Gasteiger partial charge in [-0.15, -0.1) is 0 Å². The quantitative estimate of drug-likeness (QED) is 0.403. The Bertz CT molecular complexity index is 659. The highest BCUT2D eigenvalue weighted by Gasteiger charge is 2.17. The van der Waals surface area contributed by atoms with Crippen LogP contribution in [0.1, 0.15) is 30.1 Å². The molecular formula is C19H28N3O5+. The van der Waals surface area contributed by atoms with Crippen LogP contribution < -0.4 is 19.7 Å². The van der Waals surface area contributed by atoms with Crippen LogP contribution in [0.5, 0.6) is 11.5 Å². The third kappa shape index (κ3) is 5.83. The molecular weight excluding hydrogens is 350 g/mol. The number of morpholine rings is 1. The standard InChI is InChI=1S/C19H27N3O5/c1-2-10-25-19(20-6-3-7-22-8-11-24-12-9-22)21-18(23)15-4-5-16-17(13-15)27-14-26-16/h4-5,13H,2-3,6-12,14H2,1H3,(H,20,21,23)/p+1. The highest BCUT2D eigenvalue weighted by Crippen LogP contribution is 2.32. The maximum absolute atomic E-state index is 12.5. The second-order valence-electron chi connectivity index (χ2n) is 6.52. The first kappa shape index (κ1) is 19.4. The van der Waals surface area contributed by atoms with Crippen LogP contribution in [0.15, 0.2) is 23.2 Å². The first-order valence-corrected chi connectivity index (χ1v) is 9.56. The summed E-state index contributed by atoms with van der Waals surface area (Å²) in [5, 5.41) is 2.76.